The zero-order chi connectivity index (χ0) is 25.9. The molecule has 1 aliphatic heterocycles. The van der Waals surface area contributed by atoms with E-state index < -0.39 is 6.10 Å². The Labute approximate surface area is 220 Å². The molecule has 1 aliphatic rings. The minimum absolute atomic E-state index is 0.196. The van der Waals surface area contributed by atoms with E-state index in [1.165, 1.54) is 5.56 Å². The summed E-state index contributed by atoms with van der Waals surface area (Å²) < 4.78 is 0. The zero-order valence-electron chi connectivity index (χ0n) is 20.8. The van der Waals surface area contributed by atoms with Gasteiger partial charge >= 0.3 is 0 Å². The lowest BCUT2D eigenvalue weighted by atomic mass is 9.88. The van der Waals surface area contributed by atoms with Crippen LogP contribution in [-0.2, 0) is 0 Å². The number of aliphatic hydroxyl groups is 2. The Kier molecular flexibility index (Phi) is 7.62. The van der Waals surface area contributed by atoms with Crippen molar-refractivity contribution < 1.29 is 10.2 Å². The average Bonchev–Trinajstić information content (AvgIpc) is 3.32. The largest absolute Gasteiger partial charge is 0.395 e. The quantitative estimate of drug-likeness (QED) is 0.237. The van der Waals surface area contributed by atoms with E-state index >= 15 is 0 Å². The molecule has 0 unspecified atom stereocenters. The third-order valence-electron chi connectivity index (χ3n) is 7.19. The Morgan fingerprint density at radius 3 is 2.78 bits per heavy atom. The maximum atomic E-state index is 12.9. The summed E-state index contributed by atoms with van der Waals surface area (Å²) in [7, 11) is 0. The summed E-state index contributed by atoms with van der Waals surface area (Å²) in [6.45, 7) is 5.13. The van der Waals surface area contributed by atoms with Gasteiger partial charge in [0.15, 0.2) is 0 Å². The van der Waals surface area contributed by atoms with E-state index in [0.29, 0.717) is 33.6 Å². The minimum atomic E-state index is -0.796. The van der Waals surface area contributed by atoms with Crippen molar-refractivity contribution in [3.8, 4) is 11.4 Å². The number of pyridine rings is 1. The summed E-state index contributed by atoms with van der Waals surface area (Å²) in [4.78, 5) is 26.1. The number of aromatic nitrogens is 3. The average molecular weight is 522 g/mol. The van der Waals surface area contributed by atoms with E-state index in [9.17, 15) is 15.0 Å². The van der Waals surface area contributed by atoms with Gasteiger partial charge in [0.25, 0.3) is 5.56 Å². The van der Waals surface area contributed by atoms with Gasteiger partial charge in [0.05, 0.1) is 29.4 Å². The Bertz CT molecular complexity index is 1440. The summed E-state index contributed by atoms with van der Waals surface area (Å²) in [5.74, 6) is 0.935. The van der Waals surface area contributed by atoms with Crippen LogP contribution in [0.25, 0.3) is 22.4 Å². The SMILES string of the molecule is Cc1cc(C2CCN(CCO)CC2)cc2[nH]c(-c3c(NC[C@@H](O)c4cccc(Cl)c4)cc[nH]c3=O)nc12. The molecular weight excluding hydrogens is 490 g/mol. The first-order valence-electron chi connectivity index (χ1n) is 12.7. The maximum absolute atomic E-state index is 12.9. The van der Waals surface area contributed by atoms with Gasteiger partial charge in [0, 0.05) is 24.3 Å². The summed E-state index contributed by atoms with van der Waals surface area (Å²) >= 11 is 6.06. The first-order valence-corrected chi connectivity index (χ1v) is 13.0. The monoisotopic (exact) mass is 521 g/mol. The highest BCUT2D eigenvalue weighted by atomic mass is 35.5. The highest BCUT2D eigenvalue weighted by Crippen LogP contribution is 2.33. The number of likely N-dealkylation sites (tertiary alicyclic amines) is 1. The second-order valence-electron chi connectivity index (χ2n) is 9.71. The number of aromatic amines is 2. The molecule has 2 aromatic carbocycles. The number of nitrogens with one attached hydrogen (secondary N) is 3. The normalized spacial score (nSPS) is 15.8. The van der Waals surface area contributed by atoms with Crippen LogP contribution in [0.4, 0.5) is 5.69 Å². The number of halogens is 1. The molecule has 1 saturated heterocycles. The molecule has 0 aliphatic carbocycles. The topological polar surface area (TPSA) is 117 Å². The first-order chi connectivity index (χ1) is 17.9. The van der Waals surface area contributed by atoms with Crippen molar-refractivity contribution in [1.82, 2.24) is 19.9 Å². The summed E-state index contributed by atoms with van der Waals surface area (Å²) in [5.41, 5.74) is 5.48. The van der Waals surface area contributed by atoms with E-state index in [1.807, 2.05) is 13.0 Å². The van der Waals surface area contributed by atoms with Crippen LogP contribution in [0.15, 0.2) is 53.5 Å². The number of anilines is 1. The number of piperidine rings is 1. The summed E-state index contributed by atoms with van der Waals surface area (Å²) in [6.07, 6.45) is 2.88. The van der Waals surface area contributed by atoms with E-state index in [2.05, 4.69) is 32.3 Å². The van der Waals surface area contributed by atoms with Crippen molar-refractivity contribution in [3.63, 3.8) is 0 Å². The van der Waals surface area contributed by atoms with Crippen LogP contribution in [0.3, 0.4) is 0 Å². The molecule has 0 bridgehead atoms. The molecule has 4 aromatic rings. The van der Waals surface area contributed by atoms with Crippen LogP contribution in [0.1, 0.15) is 41.6 Å². The van der Waals surface area contributed by atoms with Crippen molar-refractivity contribution in [3.05, 3.63) is 80.7 Å². The first kappa shape index (κ1) is 25.5. The van der Waals surface area contributed by atoms with Gasteiger partial charge < -0.3 is 30.4 Å². The van der Waals surface area contributed by atoms with Gasteiger partial charge in [-0.2, -0.15) is 0 Å². The summed E-state index contributed by atoms with van der Waals surface area (Å²) in [6, 6.07) is 13.2. The number of nitrogens with zero attached hydrogens (tertiary/aromatic N) is 2. The summed E-state index contributed by atoms with van der Waals surface area (Å²) in [5, 5.41) is 23.6. The van der Waals surface area contributed by atoms with Gasteiger partial charge in [-0.15, -0.1) is 0 Å². The number of benzene rings is 2. The van der Waals surface area contributed by atoms with E-state index in [4.69, 9.17) is 16.6 Å². The number of hydrogen-bond acceptors (Lipinski definition) is 6. The lowest BCUT2D eigenvalue weighted by Crippen LogP contribution is -2.34. The Morgan fingerprint density at radius 1 is 1.22 bits per heavy atom. The van der Waals surface area contributed by atoms with Gasteiger partial charge in [-0.1, -0.05) is 29.8 Å². The molecule has 3 heterocycles. The fourth-order valence-electron chi connectivity index (χ4n) is 5.20. The third kappa shape index (κ3) is 5.57. The molecule has 5 rings (SSSR count). The molecule has 1 atom stereocenters. The third-order valence-corrected chi connectivity index (χ3v) is 7.43. The van der Waals surface area contributed by atoms with E-state index in [1.54, 1.807) is 30.5 Å². The number of fused-ring (bicyclic) bond motifs is 1. The van der Waals surface area contributed by atoms with Gasteiger partial charge in [0.2, 0.25) is 0 Å². The Balaban J connectivity index is 1.40. The minimum Gasteiger partial charge on any atom is -0.395 e. The fourth-order valence-corrected chi connectivity index (χ4v) is 5.40. The van der Waals surface area contributed by atoms with Gasteiger partial charge in [-0.3, -0.25) is 4.79 Å². The molecular formula is C28H32ClN5O3. The van der Waals surface area contributed by atoms with Crippen LogP contribution in [0.5, 0.6) is 0 Å². The van der Waals surface area contributed by atoms with E-state index in [-0.39, 0.29) is 18.7 Å². The number of β-amino-alcohol motifs (C(OH)–C–C–N with tert-alkyl or cyclic N) is 1. The van der Waals surface area contributed by atoms with Crippen molar-refractivity contribution in [2.24, 2.45) is 0 Å². The maximum Gasteiger partial charge on any atom is 0.261 e. The molecule has 194 valence electrons. The molecule has 9 heteroatoms. The predicted octanol–water partition coefficient (Wildman–Crippen LogP) is 4.20. The zero-order valence-corrected chi connectivity index (χ0v) is 21.6. The predicted molar refractivity (Wildman–Crippen MR) is 147 cm³/mol. The highest BCUT2D eigenvalue weighted by Gasteiger charge is 2.22. The molecule has 8 nitrogen and oxygen atoms in total. The van der Waals surface area contributed by atoms with Gasteiger partial charge in [-0.05, 0) is 79.7 Å². The van der Waals surface area contributed by atoms with Crippen LogP contribution in [0.2, 0.25) is 5.02 Å². The molecule has 2 aromatic heterocycles. The molecule has 0 amide bonds. The van der Waals surface area contributed by atoms with Crippen molar-refractivity contribution in [2.75, 3.05) is 38.1 Å². The number of rotatable bonds is 8. The van der Waals surface area contributed by atoms with Crippen molar-refractivity contribution in [2.45, 2.75) is 31.8 Å². The Hall–Kier alpha value is -3.17. The lowest BCUT2D eigenvalue weighted by Gasteiger charge is -2.31. The van der Waals surface area contributed by atoms with E-state index in [0.717, 1.165) is 49.1 Å². The molecule has 0 spiro atoms. The van der Waals surface area contributed by atoms with Gasteiger partial charge in [-0.25, -0.2) is 4.98 Å². The van der Waals surface area contributed by atoms with Crippen LogP contribution < -0.4 is 10.9 Å². The highest BCUT2D eigenvalue weighted by molar-refractivity contribution is 6.30. The number of aliphatic hydroxyl groups excluding tert-OH is 2. The molecule has 0 saturated carbocycles. The molecule has 1 fully saturated rings. The van der Waals surface area contributed by atoms with Crippen molar-refractivity contribution >= 4 is 28.3 Å². The molecule has 5 N–H and O–H groups in total. The second kappa shape index (κ2) is 11.1. The molecule has 37 heavy (non-hydrogen) atoms. The standard InChI is InChI=1S/C28H32ClN5O3/c1-17-13-20(18-6-9-34(10-7-18)11-12-35)15-23-26(17)33-27(32-23)25-22(5-8-30-28(25)37)31-16-24(36)19-3-2-4-21(29)14-19/h2-5,8,13-15,18,24,35-36H,6-7,9-12,16H2,1H3,(H,32,33)(H2,30,31,37)/t24-/m1/s1. The lowest BCUT2D eigenvalue weighted by molar-refractivity contribution is 0.164. The van der Waals surface area contributed by atoms with Crippen LogP contribution >= 0.6 is 11.6 Å². The van der Waals surface area contributed by atoms with Gasteiger partial charge in [0.1, 0.15) is 11.4 Å². The van der Waals surface area contributed by atoms with Crippen molar-refractivity contribution in [1.29, 1.82) is 0 Å². The second-order valence-corrected chi connectivity index (χ2v) is 10.1. The van der Waals surface area contributed by atoms with Crippen LogP contribution in [-0.4, -0.2) is 62.9 Å². The number of aryl methyl sites for hydroxylation is 1. The fraction of sp³-hybridized carbons (Fsp3) is 0.357. The molecule has 0 radical (unpaired) electrons. The number of imidazole rings is 1. The van der Waals surface area contributed by atoms with Crippen LogP contribution in [0, 0.1) is 6.92 Å². The Morgan fingerprint density at radius 2 is 2.03 bits per heavy atom. The number of hydrogen-bond donors (Lipinski definition) is 5. The number of H-pyrrole nitrogens is 2. The smallest absolute Gasteiger partial charge is 0.261 e.